The number of piperidine rings is 1. The Morgan fingerprint density at radius 2 is 1.95 bits per heavy atom. The smallest absolute Gasteiger partial charge is 0.201 e. The molecule has 1 aromatic heterocycles. The van der Waals surface area contributed by atoms with E-state index in [1.54, 1.807) is 0 Å². The minimum Gasteiger partial charge on any atom is -0.369 e. The van der Waals surface area contributed by atoms with Gasteiger partial charge in [-0.25, -0.2) is 4.98 Å². The summed E-state index contributed by atoms with van der Waals surface area (Å²) < 4.78 is 2.15. The molecule has 1 fully saturated rings. The molecule has 0 bridgehead atoms. The molecule has 2 heterocycles. The van der Waals surface area contributed by atoms with Gasteiger partial charge in [0, 0.05) is 12.6 Å². The van der Waals surface area contributed by atoms with Crippen LogP contribution in [0.25, 0.3) is 11.0 Å². The largest absolute Gasteiger partial charge is 0.369 e. The molecule has 1 unspecified atom stereocenters. The van der Waals surface area contributed by atoms with E-state index in [2.05, 4.69) is 27.4 Å². The maximum absolute atomic E-state index is 6.06. The van der Waals surface area contributed by atoms with E-state index in [9.17, 15) is 0 Å². The van der Waals surface area contributed by atoms with Crippen molar-refractivity contribution in [1.29, 1.82) is 0 Å². The van der Waals surface area contributed by atoms with Crippen LogP contribution in [0.2, 0.25) is 0 Å². The number of anilines is 1. The van der Waals surface area contributed by atoms with Gasteiger partial charge in [-0.2, -0.15) is 0 Å². The summed E-state index contributed by atoms with van der Waals surface area (Å²) in [7, 11) is 0. The van der Waals surface area contributed by atoms with E-state index >= 15 is 0 Å². The average Bonchev–Trinajstić information content (AvgIpc) is 2.76. The van der Waals surface area contributed by atoms with E-state index in [4.69, 9.17) is 5.73 Å². The van der Waals surface area contributed by atoms with E-state index in [1.807, 2.05) is 18.2 Å². The summed E-state index contributed by atoms with van der Waals surface area (Å²) in [5.41, 5.74) is 8.20. The third kappa shape index (κ3) is 2.45. The molecule has 1 aliphatic rings. The lowest BCUT2D eigenvalue weighted by Gasteiger charge is -2.32. The van der Waals surface area contributed by atoms with E-state index in [-0.39, 0.29) is 0 Å². The highest BCUT2D eigenvalue weighted by molar-refractivity contribution is 5.78. The second-order valence-corrected chi connectivity index (χ2v) is 5.51. The van der Waals surface area contributed by atoms with Crippen LogP contribution in [0.4, 0.5) is 5.95 Å². The van der Waals surface area contributed by atoms with Crippen molar-refractivity contribution < 1.29 is 0 Å². The van der Waals surface area contributed by atoms with Crippen molar-refractivity contribution in [2.75, 3.05) is 18.8 Å². The van der Waals surface area contributed by atoms with Crippen LogP contribution < -0.4 is 5.73 Å². The Kier molecular flexibility index (Phi) is 3.42. The van der Waals surface area contributed by atoms with Crippen molar-refractivity contribution >= 4 is 17.0 Å². The fraction of sp³-hybridized carbons (Fsp3) is 0.533. The Morgan fingerprint density at radius 1 is 1.21 bits per heavy atom. The fourth-order valence-corrected chi connectivity index (χ4v) is 3.02. The van der Waals surface area contributed by atoms with Crippen LogP contribution in [0.15, 0.2) is 24.3 Å². The molecule has 1 saturated heterocycles. The Bertz CT molecular complexity index is 554. The first-order chi connectivity index (χ1) is 9.25. The van der Waals surface area contributed by atoms with Crippen molar-refractivity contribution in [3.05, 3.63) is 24.3 Å². The molecule has 3 rings (SSSR count). The lowest BCUT2D eigenvalue weighted by molar-refractivity contribution is 0.161. The topological polar surface area (TPSA) is 47.1 Å². The first kappa shape index (κ1) is 12.5. The number of aromatic nitrogens is 2. The zero-order valence-electron chi connectivity index (χ0n) is 11.5. The Morgan fingerprint density at radius 3 is 2.74 bits per heavy atom. The van der Waals surface area contributed by atoms with Gasteiger partial charge < -0.3 is 10.3 Å². The van der Waals surface area contributed by atoms with Crippen molar-refractivity contribution in [2.45, 2.75) is 38.8 Å². The molecule has 2 aromatic rings. The highest BCUT2D eigenvalue weighted by atomic mass is 15.2. The molecule has 0 spiro atoms. The van der Waals surface area contributed by atoms with Gasteiger partial charge in [0.05, 0.1) is 11.0 Å². The van der Waals surface area contributed by atoms with E-state index in [1.165, 1.54) is 32.4 Å². The minimum atomic E-state index is 0.514. The highest BCUT2D eigenvalue weighted by Gasteiger charge is 2.18. The average molecular weight is 258 g/mol. The zero-order chi connectivity index (χ0) is 13.2. The number of para-hydroxylation sites is 2. The molecule has 2 N–H and O–H groups in total. The zero-order valence-corrected chi connectivity index (χ0v) is 11.5. The lowest BCUT2D eigenvalue weighted by atomic mass is 10.1. The molecule has 0 radical (unpaired) electrons. The second kappa shape index (κ2) is 5.21. The number of fused-ring (bicyclic) bond motifs is 1. The van der Waals surface area contributed by atoms with Crippen LogP contribution in [0.5, 0.6) is 0 Å². The predicted molar refractivity (Wildman–Crippen MR) is 79.0 cm³/mol. The van der Waals surface area contributed by atoms with E-state index < -0.39 is 0 Å². The second-order valence-electron chi connectivity index (χ2n) is 5.51. The molecule has 4 nitrogen and oxygen atoms in total. The summed E-state index contributed by atoms with van der Waals surface area (Å²) in [6, 6.07) is 8.69. The third-order valence-corrected chi connectivity index (χ3v) is 4.14. The summed E-state index contributed by atoms with van der Waals surface area (Å²) in [6.45, 7) is 5.65. The number of nitrogen functional groups attached to an aromatic ring is 1. The number of nitrogens with zero attached hydrogens (tertiary/aromatic N) is 3. The van der Waals surface area contributed by atoms with Gasteiger partial charge >= 0.3 is 0 Å². The van der Waals surface area contributed by atoms with Gasteiger partial charge in [0.2, 0.25) is 5.95 Å². The summed E-state index contributed by atoms with van der Waals surface area (Å²) in [5, 5.41) is 0. The first-order valence-corrected chi connectivity index (χ1v) is 7.20. The number of benzene rings is 1. The maximum Gasteiger partial charge on any atom is 0.201 e. The predicted octanol–water partition coefficient (Wildman–Crippen LogP) is 2.49. The molecule has 1 aromatic carbocycles. The molecule has 19 heavy (non-hydrogen) atoms. The molecular weight excluding hydrogens is 236 g/mol. The molecule has 0 amide bonds. The van der Waals surface area contributed by atoms with Crippen LogP contribution in [0.3, 0.4) is 0 Å². The number of hydrogen-bond donors (Lipinski definition) is 1. The normalized spacial score (nSPS) is 18.8. The van der Waals surface area contributed by atoms with E-state index in [0.717, 1.165) is 17.6 Å². The SMILES string of the molecule is CC(Cn1c(N)nc2ccccc21)N1CCCCC1. The monoisotopic (exact) mass is 258 g/mol. The molecular formula is C15H22N4. The van der Waals surface area contributed by atoms with Gasteiger partial charge in [-0.05, 0) is 45.0 Å². The van der Waals surface area contributed by atoms with Gasteiger partial charge in [0.25, 0.3) is 0 Å². The maximum atomic E-state index is 6.06. The van der Waals surface area contributed by atoms with Gasteiger partial charge in [0.1, 0.15) is 0 Å². The van der Waals surface area contributed by atoms with Crippen molar-refractivity contribution in [1.82, 2.24) is 14.5 Å². The van der Waals surface area contributed by atoms with Crippen molar-refractivity contribution in [3.63, 3.8) is 0 Å². The minimum absolute atomic E-state index is 0.514. The number of likely N-dealkylation sites (tertiary alicyclic amines) is 1. The summed E-state index contributed by atoms with van der Waals surface area (Å²) >= 11 is 0. The molecule has 0 aliphatic carbocycles. The number of rotatable bonds is 3. The summed E-state index contributed by atoms with van der Waals surface area (Å²) in [6.07, 6.45) is 4.02. The number of nitrogens with two attached hydrogens (primary N) is 1. The first-order valence-electron chi connectivity index (χ1n) is 7.20. The van der Waals surface area contributed by atoms with Crippen molar-refractivity contribution in [2.24, 2.45) is 0 Å². The summed E-state index contributed by atoms with van der Waals surface area (Å²) in [4.78, 5) is 7.00. The van der Waals surface area contributed by atoms with Gasteiger partial charge in [0.15, 0.2) is 0 Å². The third-order valence-electron chi connectivity index (χ3n) is 4.14. The van der Waals surface area contributed by atoms with Crippen LogP contribution in [0.1, 0.15) is 26.2 Å². The molecule has 102 valence electrons. The Hall–Kier alpha value is -1.55. The number of hydrogen-bond acceptors (Lipinski definition) is 3. The Balaban J connectivity index is 1.82. The van der Waals surface area contributed by atoms with Gasteiger partial charge in [-0.15, -0.1) is 0 Å². The standard InChI is InChI=1S/C15H22N4/c1-12(18-9-5-2-6-10-18)11-19-14-8-4-3-7-13(14)17-15(19)16/h3-4,7-8,12H,2,5-6,9-11H2,1H3,(H2,16,17). The summed E-state index contributed by atoms with van der Waals surface area (Å²) in [5.74, 6) is 0.630. The fourth-order valence-electron chi connectivity index (χ4n) is 3.02. The molecule has 4 heteroatoms. The van der Waals surface area contributed by atoms with Gasteiger partial charge in [-0.3, -0.25) is 4.90 Å². The van der Waals surface area contributed by atoms with Crippen molar-refractivity contribution in [3.8, 4) is 0 Å². The number of imidazole rings is 1. The van der Waals surface area contributed by atoms with Gasteiger partial charge in [-0.1, -0.05) is 18.6 Å². The van der Waals surface area contributed by atoms with Crippen LogP contribution in [-0.2, 0) is 6.54 Å². The molecule has 0 saturated carbocycles. The van der Waals surface area contributed by atoms with Crippen LogP contribution in [0, 0.1) is 0 Å². The van der Waals surface area contributed by atoms with E-state index in [0.29, 0.717) is 12.0 Å². The lowest BCUT2D eigenvalue weighted by Crippen LogP contribution is -2.39. The quantitative estimate of drug-likeness (QED) is 0.920. The van der Waals surface area contributed by atoms with Crippen LogP contribution in [-0.4, -0.2) is 33.6 Å². The molecule has 1 aliphatic heterocycles. The molecule has 1 atom stereocenters. The van der Waals surface area contributed by atoms with Crippen LogP contribution >= 0.6 is 0 Å². The Labute approximate surface area is 114 Å². The highest BCUT2D eigenvalue weighted by Crippen LogP contribution is 2.20.